The summed E-state index contributed by atoms with van der Waals surface area (Å²) in [4.78, 5) is 4.25. The van der Waals surface area contributed by atoms with Gasteiger partial charge < -0.3 is 15.2 Å². The van der Waals surface area contributed by atoms with E-state index < -0.39 is 0 Å². The molecule has 76 valence electrons. The van der Waals surface area contributed by atoms with E-state index >= 15 is 0 Å². The Morgan fingerprint density at radius 3 is 3.14 bits per heavy atom. The minimum Gasteiger partial charge on any atom is -0.376 e. The third-order valence-electron chi connectivity index (χ3n) is 2.23. The normalized spacial score (nSPS) is 22.2. The smallest absolute Gasteiger partial charge is 0.123 e. The van der Waals surface area contributed by atoms with Gasteiger partial charge in [0.1, 0.15) is 6.10 Å². The molecule has 1 unspecified atom stereocenters. The molecule has 1 aliphatic heterocycles. The summed E-state index contributed by atoms with van der Waals surface area (Å²) in [6.45, 7) is 2.43. The van der Waals surface area contributed by atoms with Crippen LogP contribution in [0.1, 0.15) is 17.4 Å². The molecule has 2 heterocycles. The van der Waals surface area contributed by atoms with Gasteiger partial charge in [0, 0.05) is 12.7 Å². The van der Waals surface area contributed by atoms with Crippen molar-refractivity contribution >= 4 is 0 Å². The molecule has 0 aliphatic carbocycles. The number of nitrogens with zero attached hydrogens (tertiary/aromatic N) is 1. The SMILES string of the molecule is NCc1ccnc(C2COCCO2)c1. The van der Waals surface area contributed by atoms with Crippen molar-refractivity contribution in [2.45, 2.75) is 12.6 Å². The quantitative estimate of drug-likeness (QED) is 0.750. The maximum Gasteiger partial charge on any atom is 0.123 e. The molecule has 0 spiro atoms. The van der Waals surface area contributed by atoms with E-state index in [9.17, 15) is 0 Å². The van der Waals surface area contributed by atoms with Crippen molar-refractivity contribution in [3.05, 3.63) is 29.6 Å². The maximum absolute atomic E-state index is 5.55. The zero-order valence-corrected chi connectivity index (χ0v) is 7.98. The van der Waals surface area contributed by atoms with E-state index in [-0.39, 0.29) is 6.10 Å². The fraction of sp³-hybridized carbons (Fsp3) is 0.500. The standard InChI is InChI=1S/C10H14N2O2/c11-6-8-1-2-12-9(5-8)10-7-13-3-4-14-10/h1-2,5,10H,3-4,6-7,11H2. The first kappa shape index (κ1) is 9.58. The second-order valence-electron chi connectivity index (χ2n) is 3.23. The summed E-state index contributed by atoms with van der Waals surface area (Å²) in [7, 11) is 0. The van der Waals surface area contributed by atoms with Crippen LogP contribution < -0.4 is 5.73 Å². The van der Waals surface area contributed by atoms with Crippen LogP contribution in [0, 0.1) is 0 Å². The van der Waals surface area contributed by atoms with Crippen LogP contribution in [0.5, 0.6) is 0 Å². The first-order valence-corrected chi connectivity index (χ1v) is 4.74. The van der Waals surface area contributed by atoms with Crippen LogP contribution in [0.2, 0.25) is 0 Å². The van der Waals surface area contributed by atoms with Gasteiger partial charge in [0.05, 0.1) is 25.5 Å². The fourth-order valence-corrected chi connectivity index (χ4v) is 1.46. The molecular weight excluding hydrogens is 180 g/mol. The first-order valence-electron chi connectivity index (χ1n) is 4.74. The van der Waals surface area contributed by atoms with E-state index in [0.717, 1.165) is 11.3 Å². The summed E-state index contributed by atoms with van der Waals surface area (Å²) in [5.41, 5.74) is 7.53. The molecule has 0 aromatic carbocycles. The van der Waals surface area contributed by atoms with E-state index in [0.29, 0.717) is 26.4 Å². The van der Waals surface area contributed by atoms with Crippen molar-refractivity contribution in [2.75, 3.05) is 19.8 Å². The Morgan fingerprint density at radius 2 is 2.43 bits per heavy atom. The van der Waals surface area contributed by atoms with Gasteiger partial charge in [-0.3, -0.25) is 4.98 Å². The minimum absolute atomic E-state index is 0.0322. The van der Waals surface area contributed by atoms with Crippen molar-refractivity contribution in [1.82, 2.24) is 4.98 Å². The molecule has 1 aliphatic rings. The Balaban J connectivity index is 2.13. The van der Waals surface area contributed by atoms with Gasteiger partial charge in [-0.15, -0.1) is 0 Å². The van der Waals surface area contributed by atoms with Gasteiger partial charge in [0.15, 0.2) is 0 Å². The van der Waals surface area contributed by atoms with Crippen LogP contribution in [-0.2, 0) is 16.0 Å². The molecule has 2 rings (SSSR count). The zero-order chi connectivity index (χ0) is 9.80. The van der Waals surface area contributed by atoms with E-state index in [4.69, 9.17) is 15.2 Å². The fourth-order valence-electron chi connectivity index (χ4n) is 1.46. The van der Waals surface area contributed by atoms with Crippen LogP contribution in [-0.4, -0.2) is 24.8 Å². The highest BCUT2D eigenvalue weighted by molar-refractivity contribution is 5.18. The van der Waals surface area contributed by atoms with Crippen LogP contribution in [0.25, 0.3) is 0 Å². The largest absolute Gasteiger partial charge is 0.376 e. The van der Waals surface area contributed by atoms with Crippen molar-refractivity contribution in [3.63, 3.8) is 0 Å². The number of aromatic nitrogens is 1. The van der Waals surface area contributed by atoms with Crippen molar-refractivity contribution in [1.29, 1.82) is 0 Å². The number of ether oxygens (including phenoxy) is 2. The second kappa shape index (κ2) is 4.50. The molecule has 1 saturated heterocycles. The highest BCUT2D eigenvalue weighted by atomic mass is 16.6. The van der Waals surface area contributed by atoms with Gasteiger partial charge in [-0.1, -0.05) is 0 Å². The lowest BCUT2D eigenvalue weighted by molar-refractivity contribution is -0.0918. The Hall–Kier alpha value is -0.970. The summed E-state index contributed by atoms with van der Waals surface area (Å²) in [6.07, 6.45) is 1.73. The molecule has 4 heteroatoms. The predicted molar refractivity (Wildman–Crippen MR) is 51.6 cm³/mol. The molecule has 14 heavy (non-hydrogen) atoms. The lowest BCUT2D eigenvalue weighted by Gasteiger charge is -2.22. The Morgan fingerprint density at radius 1 is 1.50 bits per heavy atom. The van der Waals surface area contributed by atoms with E-state index in [1.165, 1.54) is 0 Å². The third-order valence-corrected chi connectivity index (χ3v) is 2.23. The lowest BCUT2D eigenvalue weighted by atomic mass is 10.1. The molecule has 4 nitrogen and oxygen atoms in total. The summed E-state index contributed by atoms with van der Waals surface area (Å²) in [6, 6.07) is 3.88. The second-order valence-corrected chi connectivity index (χ2v) is 3.23. The molecule has 0 amide bonds. The molecular formula is C10H14N2O2. The highest BCUT2D eigenvalue weighted by Crippen LogP contribution is 2.19. The van der Waals surface area contributed by atoms with E-state index in [1.54, 1.807) is 6.20 Å². The van der Waals surface area contributed by atoms with Gasteiger partial charge in [0.25, 0.3) is 0 Å². The molecule has 0 saturated carbocycles. The Labute approximate surface area is 83.0 Å². The number of rotatable bonds is 2. The average Bonchev–Trinajstić information content (AvgIpc) is 2.30. The zero-order valence-electron chi connectivity index (χ0n) is 7.98. The summed E-state index contributed by atoms with van der Waals surface area (Å²) >= 11 is 0. The predicted octanol–water partition coefficient (Wildman–Crippen LogP) is 0.628. The summed E-state index contributed by atoms with van der Waals surface area (Å²) < 4.78 is 10.8. The number of hydrogen-bond acceptors (Lipinski definition) is 4. The van der Waals surface area contributed by atoms with Crippen molar-refractivity contribution < 1.29 is 9.47 Å². The molecule has 1 aromatic heterocycles. The van der Waals surface area contributed by atoms with E-state index in [2.05, 4.69) is 4.98 Å². The third kappa shape index (κ3) is 2.09. The molecule has 2 N–H and O–H groups in total. The number of pyridine rings is 1. The van der Waals surface area contributed by atoms with Crippen molar-refractivity contribution in [2.24, 2.45) is 5.73 Å². The Bertz CT molecular complexity index is 298. The van der Waals surface area contributed by atoms with Gasteiger partial charge >= 0.3 is 0 Å². The maximum atomic E-state index is 5.55. The average molecular weight is 194 g/mol. The van der Waals surface area contributed by atoms with Crippen LogP contribution in [0.3, 0.4) is 0 Å². The summed E-state index contributed by atoms with van der Waals surface area (Å²) in [5.74, 6) is 0. The molecule has 1 atom stereocenters. The lowest BCUT2D eigenvalue weighted by Crippen LogP contribution is -2.22. The highest BCUT2D eigenvalue weighted by Gasteiger charge is 2.17. The van der Waals surface area contributed by atoms with E-state index in [1.807, 2.05) is 12.1 Å². The van der Waals surface area contributed by atoms with Crippen LogP contribution in [0.4, 0.5) is 0 Å². The van der Waals surface area contributed by atoms with Crippen LogP contribution >= 0.6 is 0 Å². The monoisotopic (exact) mass is 194 g/mol. The molecule has 1 fully saturated rings. The van der Waals surface area contributed by atoms with Gasteiger partial charge in [-0.2, -0.15) is 0 Å². The van der Waals surface area contributed by atoms with Crippen molar-refractivity contribution in [3.8, 4) is 0 Å². The number of nitrogens with two attached hydrogens (primary N) is 1. The molecule has 0 radical (unpaired) electrons. The van der Waals surface area contributed by atoms with Crippen LogP contribution in [0.15, 0.2) is 18.3 Å². The van der Waals surface area contributed by atoms with Gasteiger partial charge in [-0.05, 0) is 17.7 Å². The minimum atomic E-state index is -0.0322. The molecule has 1 aromatic rings. The summed E-state index contributed by atoms with van der Waals surface area (Å²) in [5, 5.41) is 0. The molecule has 0 bridgehead atoms. The van der Waals surface area contributed by atoms with Gasteiger partial charge in [0.2, 0.25) is 0 Å². The Kier molecular flexibility index (Phi) is 3.08. The van der Waals surface area contributed by atoms with Gasteiger partial charge in [-0.25, -0.2) is 0 Å². The first-order chi connectivity index (χ1) is 6.90. The topological polar surface area (TPSA) is 57.4 Å². The number of hydrogen-bond donors (Lipinski definition) is 1.